The van der Waals surface area contributed by atoms with Gasteiger partial charge in [-0.2, -0.15) is 0 Å². The maximum atomic E-state index is 12.5. The van der Waals surface area contributed by atoms with Gasteiger partial charge in [0.05, 0.1) is 0 Å². The molecule has 3 rings (SSSR count). The summed E-state index contributed by atoms with van der Waals surface area (Å²) in [5.41, 5.74) is 6.19. The van der Waals surface area contributed by atoms with Crippen LogP contribution in [0.4, 0.5) is 5.82 Å². The Labute approximate surface area is 113 Å². The van der Waals surface area contributed by atoms with Crippen molar-refractivity contribution in [3.8, 4) is 0 Å². The van der Waals surface area contributed by atoms with Crippen LogP contribution in [0.3, 0.4) is 0 Å². The molecule has 0 radical (unpaired) electrons. The highest BCUT2D eigenvalue weighted by molar-refractivity contribution is 5.37. The van der Waals surface area contributed by atoms with E-state index in [1.165, 1.54) is 0 Å². The predicted octanol–water partition coefficient (Wildman–Crippen LogP) is 1.14. The zero-order valence-corrected chi connectivity index (χ0v) is 11.5. The van der Waals surface area contributed by atoms with Crippen molar-refractivity contribution in [1.29, 1.82) is 0 Å². The normalized spacial score (nSPS) is 27.6. The molecule has 5 heteroatoms. The Kier molecular flexibility index (Phi) is 3.31. The Morgan fingerprint density at radius 3 is 2.89 bits per heavy atom. The summed E-state index contributed by atoms with van der Waals surface area (Å²) in [7, 11) is 0. The van der Waals surface area contributed by atoms with Gasteiger partial charge in [0.1, 0.15) is 0 Å². The summed E-state index contributed by atoms with van der Waals surface area (Å²) in [4.78, 5) is 18.9. The minimum absolute atomic E-state index is 0.0651. The van der Waals surface area contributed by atoms with E-state index in [-0.39, 0.29) is 11.6 Å². The molecule has 0 spiro atoms. The van der Waals surface area contributed by atoms with Crippen LogP contribution < -0.4 is 16.2 Å². The maximum Gasteiger partial charge on any atom is 0.293 e. The molecule has 1 saturated carbocycles. The lowest BCUT2D eigenvalue weighted by Crippen LogP contribution is -2.49. The van der Waals surface area contributed by atoms with E-state index in [0.29, 0.717) is 17.8 Å². The fourth-order valence-electron chi connectivity index (χ4n) is 2.95. The Hall–Kier alpha value is -1.36. The second-order valence-corrected chi connectivity index (χ2v) is 5.76. The second kappa shape index (κ2) is 4.96. The number of hydrogen-bond acceptors (Lipinski definition) is 4. The minimum atomic E-state index is 0.0651. The molecule has 1 aliphatic heterocycles. The van der Waals surface area contributed by atoms with Crippen LogP contribution in [0.1, 0.15) is 38.6 Å². The van der Waals surface area contributed by atoms with E-state index in [4.69, 9.17) is 5.73 Å². The van der Waals surface area contributed by atoms with Gasteiger partial charge in [0.2, 0.25) is 0 Å². The predicted molar refractivity (Wildman–Crippen MR) is 75.4 cm³/mol. The molecule has 0 amide bonds. The lowest BCUT2D eigenvalue weighted by atomic mass is 9.91. The summed E-state index contributed by atoms with van der Waals surface area (Å²) in [6, 6.07) is 0.666. The zero-order chi connectivity index (χ0) is 13.4. The van der Waals surface area contributed by atoms with E-state index < -0.39 is 0 Å². The van der Waals surface area contributed by atoms with Crippen LogP contribution in [0.15, 0.2) is 17.2 Å². The summed E-state index contributed by atoms with van der Waals surface area (Å²) in [5.74, 6) is 1.07. The van der Waals surface area contributed by atoms with Crippen molar-refractivity contribution in [3.63, 3.8) is 0 Å². The number of hydrogen-bond donors (Lipinski definition) is 1. The molecular weight excluding hydrogens is 240 g/mol. The third kappa shape index (κ3) is 2.39. The molecule has 1 saturated heterocycles. The number of aromatic nitrogens is 2. The van der Waals surface area contributed by atoms with Crippen LogP contribution in [0.25, 0.3) is 0 Å². The van der Waals surface area contributed by atoms with Crippen molar-refractivity contribution in [3.05, 3.63) is 22.7 Å². The van der Waals surface area contributed by atoms with Crippen molar-refractivity contribution in [2.45, 2.75) is 44.7 Å². The van der Waals surface area contributed by atoms with E-state index in [0.717, 1.165) is 38.8 Å². The van der Waals surface area contributed by atoms with Gasteiger partial charge in [-0.05, 0) is 25.2 Å². The first-order valence-corrected chi connectivity index (χ1v) is 7.28. The fourth-order valence-corrected chi connectivity index (χ4v) is 2.95. The average Bonchev–Trinajstić information content (AvgIpc) is 3.24. The molecule has 104 valence electrons. The van der Waals surface area contributed by atoms with Gasteiger partial charge >= 0.3 is 0 Å². The fraction of sp³-hybridized carbons (Fsp3) is 0.714. The molecule has 2 fully saturated rings. The Balaban J connectivity index is 1.86. The first-order chi connectivity index (χ1) is 9.20. The van der Waals surface area contributed by atoms with Gasteiger partial charge in [0.25, 0.3) is 5.56 Å². The zero-order valence-electron chi connectivity index (χ0n) is 11.5. The molecule has 1 aromatic rings. The summed E-state index contributed by atoms with van der Waals surface area (Å²) < 4.78 is 1.85. The van der Waals surface area contributed by atoms with E-state index in [2.05, 4.69) is 16.8 Å². The van der Waals surface area contributed by atoms with Gasteiger partial charge in [-0.3, -0.25) is 4.79 Å². The molecular formula is C14H22N4O. The first-order valence-electron chi connectivity index (χ1n) is 7.28. The van der Waals surface area contributed by atoms with Crippen LogP contribution >= 0.6 is 0 Å². The van der Waals surface area contributed by atoms with Crippen LogP contribution in [-0.4, -0.2) is 28.7 Å². The lowest BCUT2D eigenvalue weighted by molar-refractivity contribution is 0.346. The highest BCUT2D eigenvalue weighted by Crippen LogP contribution is 2.33. The monoisotopic (exact) mass is 262 g/mol. The lowest BCUT2D eigenvalue weighted by Gasteiger charge is -2.36. The number of anilines is 1. The Morgan fingerprint density at radius 2 is 2.21 bits per heavy atom. The van der Waals surface area contributed by atoms with Crippen molar-refractivity contribution < 1.29 is 0 Å². The molecule has 0 aromatic carbocycles. The molecule has 2 unspecified atom stereocenters. The van der Waals surface area contributed by atoms with Crippen molar-refractivity contribution in [2.75, 3.05) is 18.0 Å². The van der Waals surface area contributed by atoms with Gasteiger partial charge in [-0.25, -0.2) is 4.98 Å². The Bertz CT molecular complexity index is 508. The first kappa shape index (κ1) is 12.7. The van der Waals surface area contributed by atoms with Gasteiger partial charge in [-0.15, -0.1) is 0 Å². The minimum Gasteiger partial charge on any atom is -0.352 e. The van der Waals surface area contributed by atoms with Gasteiger partial charge in [0, 0.05) is 37.6 Å². The van der Waals surface area contributed by atoms with Crippen molar-refractivity contribution in [2.24, 2.45) is 11.7 Å². The van der Waals surface area contributed by atoms with Gasteiger partial charge in [-0.1, -0.05) is 13.3 Å². The van der Waals surface area contributed by atoms with Gasteiger partial charge in [0.15, 0.2) is 5.82 Å². The largest absolute Gasteiger partial charge is 0.352 e. The summed E-state index contributed by atoms with van der Waals surface area (Å²) in [5, 5.41) is 0. The maximum absolute atomic E-state index is 12.5. The highest BCUT2D eigenvalue weighted by Gasteiger charge is 2.30. The van der Waals surface area contributed by atoms with Crippen molar-refractivity contribution >= 4 is 5.82 Å². The van der Waals surface area contributed by atoms with E-state index in [1.54, 1.807) is 6.20 Å². The summed E-state index contributed by atoms with van der Waals surface area (Å²) in [6.45, 7) is 3.86. The Morgan fingerprint density at radius 1 is 1.42 bits per heavy atom. The smallest absolute Gasteiger partial charge is 0.293 e. The van der Waals surface area contributed by atoms with Crippen LogP contribution in [0, 0.1) is 5.92 Å². The quantitative estimate of drug-likeness (QED) is 0.887. The summed E-state index contributed by atoms with van der Waals surface area (Å²) >= 11 is 0. The molecule has 19 heavy (non-hydrogen) atoms. The van der Waals surface area contributed by atoms with Gasteiger partial charge < -0.3 is 15.2 Å². The second-order valence-electron chi connectivity index (χ2n) is 5.76. The standard InChI is InChI=1S/C14H22N4O/c1-2-10-9-17(7-5-12(10)15)13-14(19)18(8-6-16-13)11-3-4-11/h6,8,10-12H,2-5,7,9,15H2,1H3. The van der Waals surface area contributed by atoms with Crippen LogP contribution in [0.2, 0.25) is 0 Å². The number of nitrogens with zero attached hydrogens (tertiary/aromatic N) is 3. The molecule has 5 nitrogen and oxygen atoms in total. The molecule has 0 bridgehead atoms. The highest BCUT2D eigenvalue weighted by atomic mass is 16.1. The van der Waals surface area contributed by atoms with Crippen LogP contribution in [-0.2, 0) is 0 Å². The SMILES string of the molecule is CCC1CN(c2nccn(C3CC3)c2=O)CCC1N. The number of nitrogens with two attached hydrogens (primary N) is 1. The van der Waals surface area contributed by atoms with Crippen LogP contribution in [0.5, 0.6) is 0 Å². The third-order valence-corrected chi connectivity index (χ3v) is 4.41. The number of piperidine rings is 1. The van der Waals surface area contributed by atoms with E-state index in [1.807, 2.05) is 10.8 Å². The summed E-state index contributed by atoms with van der Waals surface area (Å²) in [6.07, 6.45) is 7.80. The molecule has 2 atom stereocenters. The average molecular weight is 262 g/mol. The molecule has 2 N–H and O–H groups in total. The van der Waals surface area contributed by atoms with E-state index >= 15 is 0 Å². The molecule has 2 aliphatic rings. The van der Waals surface area contributed by atoms with Crippen molar-refractivity contribution in [1.82, 2.24) is 9.55 Å². The number of rotatable bonds is 3. The van der Waals surface area contributed by atoms with E-state index in [9.17, 15) is 4.79 Å². The molecule has 2 heterocycles. The topological polar surface area (TPSA) is 64.2 Å². The third-order valence-electron chi connectivity index (χ3n) is 4.41. The molecule has 1 aliphatic carbocycles. The molecule has 1 aromatic heterocycles.